The number of benzene rings is 1. The van der Waals surface area contributed by atoms with E-state index in [2.05, 4.69) is 41.5 Å². The van der Waals surface area contributed by atoms with Crippen LogP contribution in [-0.4, -0.2) is 328 Å². The van der Waals surface area contributed by atoms with Gasteiger partial charge in [0.25, 0.3) is 0 Å². The zero-order chi connectivity index (χ0) is 110. The molecule has 0 saturated carbocycles. The number of rotatable bonds is 102. The lowest BCUT2D eigenvalue weighted by atomic mass is 10.1. The summed E-state index contributed by atoms with van der Waals surface area (Å²) in [5.41, 5.74) is -1.04. The summed E-state index contributed by atoms with van der Waals surface area (Å²) < 4.78 is 82.8. The molecule has 0 saturated heterocycles. The molecule has 0 radical (unpaired) electrons. The van der Waals surface area contributed by atoms with E-state index in [0.29, 0.717) is 0 Å². The van der Waals surface area contributed by atoms with Crippen LogP contribution in [0.1, 0.15) is 384 Å². The fraction of sp³-hybridized carbons (Fsp3) is 0.811. The lowest BCUT2D eigenvalue weighted by Gasteiger charge is -2.22. The van der Waals surface area contributed by atoms with Crippen molar-refractivity contribution in [2.24, 2.45) is 0 Å². The Morgan fingerprint density at radius 1 is 0.187 bits per heavy atom. The number of esters is 15. The van der Waals surface area contributed by atoms with E-state index < -0.39 is 141 Å². The third kappa shape index (κ3) is 81.0. The zero-order valence-corrected chi connectivity index (χ0v) is 98.0. The van der Waals surface area contributed by atoms with Crippen molar-refractivity contribution in [2.75, 3.05) is 193 Å². The van der Waals surface area contributed by atoms with Gasteiger partial charge in [0.05, 0.1) is 86.7 Å². The van der Waals surface area contributed by atoms with Gasteiger partial charge in [-0.3, -0.25) is 72.2 Å². The summed E-state index contributed by atoms with van der Waals surface area (Å²) in [5.74, 6) is -5.01. The van der Waals surface area contributed by atoms with E-state index in [9.17, 15) is 71.9 Å². The van der Waals surface area contributed by atoms with Gasteiger partial charge in [-0.15, -0.1) is 70.6 Å². The molecule has 1 rings (SSSR count). The average molecular weight is 2240 g/mol. The fourth-order valence-electron chi connectivity index (χ4n) is 14.7. The minimum atomic E-state index is -1.06. The highest BCUT2D eigenvalue weighted by Crippen LogP contribution is 2.25. The van der Waals surface area contributed by atoms with Crippen molar-refractivity contribution in [3.63, 3.8) is 0 Å². The Bertz CT molecular complexity index is 3220. The van der Waals surface area contributed by atoms with Crippen LogP contribution in [0.2, 0.25) is 0 Å². The number of ether oxygens (including phenoxy) is 15. The summed E-state index contributed by atoms with van der Waals surface area (Å²) >= 11 is 9.00. The summed E-state index contributed by atoms with van der Waals surface area (Å²) in [6, 6.07) is 3.37. The normalized spacial score (nSPS) is 12.5. The Kier molecular flexibility index (Phi) is 92.2. The van der Waals surface area contributed by atoms with Crippen molar-refractivity contribution in [3.8, 4) is 0 Å². The Hall–Kier alpha value is -6.75. The van der Waals surface area contributed by atoms with E-state index in [1.165, 1.54) is 148 Å². The molecule has 0 bridgehead atoms. The topological polar surface area (TPSA) is 404 Å². The van der Waals surface area contributed by atoms with Gasteiger partial charge in [0, 0.05) is 58.9 Å². The second-order valence-corrected chi connectivity index (χ2v) is 45.9. The number of unbranched alkanes of at least 4 members (excludes halogenated alkanes) is 30. The molecule has 0 fully saturated rings. The molecule has 150 heavy (non-hydrogen) atoms. The molecule has 1 aromatic carbocycles. The number of thioether (sulfide) groups is 6. The second-order valence-electron chi connectivity index (χ2n) is 37.2. The van der Waals surface area contributed by atoms with Crippen LogP contribution in [0.4, 0.5) is 0 Å². The van der Waals surface area contributed by atoms with Crippen LogP contribution in [0.3, 0.4) is 0 Å². The maximum Gasteiger partial charge on any atom is 0.338 e. The number of nitrogens with zero attached hydrogens (tertiary/aromatic N) is 3. The summed E-state index contributed by atoms with van der Waals surface area (Å²) in [6.45, 7) is 19.2. The predicted molar refractivity (Wildman–Crippen MR) is 598 cm³/mol. The van der Waals surface area contributed by atoms with E-state index in [1.54, 1.807) is 56.2 Å². The predicted octanol–water partition coefficient (Wildman–Crippen LogP) is 20.8. The first-order valence-electron chi connectivity index (χ1n) is 56.0. The highest BCUT2D eigenvalue weighted by molar-refractivity contribution is 8.01. The van der Waals surface area contributed by atoms with Gasteiger partial charge in [-0.2, -0.15) is 0 Å². The Morgan fingerprint density at radius 2 is 0.327 bits per heavy atom. The SMILES string of the molecule is CCCCCCCCSC(C)C(=O)OCCOC(=O)CCN(CCOC(=O)c1cc(C(=O)OCCN(CCC(=O)OCCOC(=O)C(C)SCCCCCCCC)CCC(=O)OCCOC(=O)C(C)SCCCCCCCC)cc(C(=O)OCCN(CCC(=O)OCCOC(=O)C(C)SCCCCCCCC)CCC(=O)OCCOC(=O)C(C)SCCCCCCCC)c1)CCC(=O)OCCOC(=O)C(C)SCCCCCCCC. The molecule has 864 valence electrons. The number of hydrogen-bond acceptors (Lipinski definition) is 39. The summed E-state index contributed by atoms with van der Waals surface area (Å²) in [5, 5.41) is -2.57. The molecule has 0 amide bonds. The lowest BCUT2D eigenvalue weighted by Crippen LogP contribution is -2.33. The van der Waals surface area contributed by atoms with Crippen molar-refractivity contribution in [1.29, 1.82) is 0 Å². The van der Waals surface area contributed by atoms with Crippen molar-refractivity contribution in [3.05, 3.63) is 34.9 Å². The second kappa shape index (κ2) is 97.9. The number of hydrogen-bond donors (Lipinski definition) is 0. The third-order valence-electron chi connectivity index (χ3n) is 24.1. The van der Waals surface area contributed by atoms with Gasteiger partial charge in [0.2, 0.25) is 0 Å². The number of carbonyl (C=O) groups excluding carboxylic acids is 15. The highest BCUT2D eigenvalue weighted by atomic mass is 32.2. The molecule has 6 atom stereocenters. The summed E-state index contributed by atoms with van der Waals surface area (Å²) in [4.78, 5) is 206. The van der Waals surface area contributed by atoms with Gasteiger partial charge in [-0.1, -0.05) is 234 Å². The van der Waals surface area contributed by atoms with E-state index in [-0.39, 0.29) is 193 Å². The average Bonchev–Trinajstić information content (AvgIpc) is 0.822. The molecule has 33 nitrogen and oxygen atoms in total. The Labute approximate surface area is 923 Å². The molecule has 0 aliphatic rings. The number of carbonyl (C=O) groups is 15. The van der Waals surface area contributed by atoms with E-state index in [4.69, 9.17) is 71.1 Å². The van der Waals surface area contributed by atoms with Gasteiger partial charge >= 0.3 is 89.5 Å². The fourth-order valence-corrected chi connectivity index (χ4v) is 20.3. The summed E-state index contributed by atoms with van der Waals surface area (Å²) in [7, 11) is 0. The molecular weight excluding hydrogens is 2050 g/mol. The van der Waals surface area contributed by atoms with Gasteiger partial charge in [0.15, 0.2) is 0 Å². The van der Waals surface area contributed by atoms with E-state index >= 15 is 0 Å². The Balaban J connectivity index is 3.82. The molecular formula is C111H189N3O30S6. The molecule has 39 heteroatoms. The molecule has 1 aromatic rings. The molecule has 0 aromatic heterocycles. The molecule has 0 N–H and O–H groups in total. The molecule has 0 aliphatic carbocycles. The highest BCUT2D eigenvalue weighted by Gasteiger charge is 2.27. The van der Waals surface area contributed by atoms with Crippen molar-refractivity contribution in [2.45, 2.75) is 384 Å². The summed E-state index contributed by atoms with van der Waals surface area (Å²) in [6.07, 6.45) is 38.9. The standard InChI is InChI=1S/C111H189N3O30S6/c1-13-19-25-31-37-43-79-145-88(7)103(121)139-73-67-130-97(115)49-55-112(56-50-98(116)131-68-74-140-104(122)89(8)146-80-44-38-32-26-20-14-2)61-64-136-109(127)94-85-95(110(128)137-65-62-113(57-51-99(117)132-69-75-141-105(123)90(9)147-81-45-39-33-27-21-15-3)58-52-100(118)133-70-76-142-106(124)91(10)148-82-46-40-34-28-22-16-4)87-96(86-94)111(129)138-66-63-114(59-53-101(119)134-71-77-143-107(125)92(11)149-83-47-41-35-29-23-17-5)60-54-102(120)135-72-78-144-108(126)93(12)150-84-48-42-36-30-24-18-6/h85-93H,13-84H2,1-12H3. The lowest BCUT2D eigenvalue weighted by molar-refractivity contribution is -0.152. The van der Waals surface area contributed by atoms with Crippen LogP contribution in [0.15, 0.2) is 18.2 Å². The van der Waals surface area contributed by atoms with Crippen LogP contribution >= 0.6 is 70.6 Å². The molecule has 0 aliphatic heterocycles. The first-order chi connectivity index (χ1) is 72.5. The smallest absolute Gasteiger partial charge is 0.338 e. The molecule has 6 unspecified atom stereocenters. The van der Waals surface area contributed by atoms with Crippen LogP contribution in [0.5, 0.6) is 0 Å². The van der Waals surface area contributed by atoms with E-state index in [1.807, 2.05) is 0 Å². The zero-order valence-electron chi connectivity index (χ0n) is 93.1. The monoisotopic (exact) mass is 2240 g/mol. The quantitative estimate of drug-likeness (QED) is 0.0332. The van der Waals surface area contributed by atoms with Crippen LogP contribution in [0, 0.1) is 0 Å². The van der Waals surface area contributed by atoms with Crippen molar-refractivity contribution in [1.82, 2.24) is 14.7 Å². The third-order valence-corrected chi connectivity index (χ3v) is 31.4. The minimum absolute atomic E-state index is 0.0438. The van der Waals surface area contributed by atoms with Gasteiger partial charge < -0.3 is 71.1 Å². The molecule has 0 spiro atoms. The van der Waals surface area contributed by atoms with Gasteiger partial charge in [0.1, 0.15) is 99.1 Å². The Morgan fingerprint density at radius 3 is 0.480 bits per heavy atom. The maximum absolute atomic E-state index is 14.6. The van der Waals surface area contributed by atoms with Crippen molar-refractivity contribution < 1.29 is 143 Å². The van der Waals surface area contributed by atoms with Gasteiger partial charge in [-0.25, -0.2) is 14.4 Å². The van der Waals surface area contributed by atoms with Crippen LogP contribution < -0.4 is 0 Å². The first-order valence-corrected chi connectivity index (χ1v) is 62.3. The largest absolute Gasteiger partial charge is 0.462 e. The van der Waals surface area contributed by atoms with Gasteiger partial charge in [-0.05, 0) is 133 Å². The maximum atomic E-state index is 14.6. The van der Waals surface area contributed by atoms with Crippen LogP contribution in [0.25, 0.3) is 0 Å². The van der Waals surface area contributed by atoms with E-state index in [0.717, 1.165) is 207 Å². The minimum Gasteiger partial charge on any atom is -0.462 e. The molecule has 0 heterocycles. The first kappa shape index (κ1) is 141. The van der Waals surface area contributed by atoms with Crippen molar-refractivity contribution >= 4 is 160 Å². The van der Waals surface area contributed by atoms with Crippen LogP contribution in [-0.2, 0) is 129 Å².